The van der Waals surface area contributed by atoms with E-state index in [9.17, 15) is 14.7 Å². The minimum absolute atomic E-state index is 0.0519. The molecule has 0 amide bonds. The lowest BCUT2D eigenvalue weighted by atomic mass is 9.56. The fourth-order valence-electron chi connectivity index (χ4n) is 6.05. The van der Waals surface area contributed by atoms with Gasteiger partial charge in [-0.2, -0.15) is 0 Å². The van der Waals surface area contributed by atoms with Crippen LogP contribution in [0.5, 0.6) is 5.75 Å². The molecule has 35 heavy (non-hydrogen) atoms. The number of hydrogen-bond donors (Lipinski definition) is 1. The van der Waals surface area contributed by atoms with Crippen molar-refractivity contribution in [3.05, 3.63) is 29.8 Å². The Labute approximate surface area is 210 Å². The average molecular weight is 489 g/mol. The van der Waals surface area contributed by atoms with Gasteiger partial charge in [-0.1, -0.05) is 19.1 Å². The van der Waals surface area contributed by atoms with E-state index in [4.69, 9.17) is 14.2 Å². The van der Waals surface area contributed by atoms with Crippen LogP contribution in [0.2, 0.25) is 0 Å². The van der Waals surface area contributed by atoms with E-state index in [0.717, 1.165) is 24.2 Å². The lowest BCUT2D eigenvalue weighted by molar-refractivity contribution is -0.180. The van der Waals surface area contributed by atoms with E-state index in [1.54, 1.807) is 7.11 Å². The first kappa shape index (κ1) is 27.5. The van der Waals surface area contributed by atoms with Gasteiger partial charge in [0.05, 0.1) is 17.9 Å². The quantitative estimate of drug-likeness (QED) is 0.532. The monoisotopic (exact) mass is 488 g/mol. The van der Waals surface area contributed by atoms with Crippen LogP contribution < -0.4 is 4.74 Å². The smallest absolute Gasteiger partial charge is 0.311 e. The van der Waals surface area contributed by atoms with Crippen molar-refractivity contribution in [3.8, 4) is 5.75 Å². The molecule has 0 saturated heterocycles. The maximum Gasteiger partial charge on any atom is 0.311 e. The van der Waals surface area contributed by atoms with Gasteiger partial charge in [-0.15, -0.1) is 0 Å². The molecule has 1 aromatic rings. The second-order valence-corrected chi connectivity index (χ2v) is 12.7. The highest BCUT2D eigenvalue weighted by atomic mass is 16.6. The minimum Gasteiger partial charge on any atom is -0.497 e. The zero-order chi connectivity index (χ0) is 26.2. The number of fused-ring (bicyclic) bond motifs is 1. The van der Waals surface area contributed by atoms with Crippen LogP contribution in [0.15, 0.2) is 24.3 Å². The molecular formula is C29H44O6. The van der Waals surface area contributed by atoms with E-state index >= 15 is 0 Å². The molecule has 0 aliphatic heterocycles. The predicted molar refractivity (Wildman–Crippen MR) is 135 cm³/mol. The summed E-state index contributed by atoms with van der Waals surface area (Å²) in [5.41, 5.74) is -0.486. The van der Waals surface area contributed by atoms with E-state index in [1.807, 2.05) is 65.8 Å². The number of rotatable bonds is 6. The van der Waals surface area contributed by atoms with Gasteiger partial charge in [0, 0.05) is 17.9 Å². The van der Waals surface area contributed by atoms with Crippen LogP contribution in [0.4, 0.5) is 0 Å². The first-order valence-corrected chi connectivity index (χ1v) is 12.9. The molecule has 2 aliphatic carbocycles. The lowest BCUT2D eigenvalue weighted by Crippen LogP contribution is -2.52. The van der Waals surface area contributed by atoms with Gasteiger partial charge in [-0.05, 0) is 96.8 Å². The Morgan fingerprint density at radius 2 is 1.54 bits per heavy atom. The van der Waals surface area contributed by atoms with E-state index in [0.29, 0.717) is 12.8 Å². The zero-order valence-electron chi connectivity index (χ0n) is 22.7. The molecule has 6 heteroatoms. The molecule has 0 unspecified atom stereocenters. The predicted octanol–water partition coefficient (Wildman–Crippen LogP) is 5.51. The molecule has 6 atom stereocenters. The van der Waals surface area contributed by atoms with E-state index in [1.165, 1.54) is 0 Å². The van der Waals surface area contributed by atoms with Gasteiger partial charge in [-0.25, -0.2) is 0 Å². The van der Waals surface area contributed by atoms with Crippen LogP contribution in [-0.4, -0.2) is 43.0 Å². The van der Waals surface area contributed by atoms with Crippen LogP contribution in [0.25, 0.3) is 0 Å². The van der Waals surface area contributed by atoms with Gasteiger partial charge in [0.1, 0.15) is 18.0 Å². The summed E-state index contributed by atoms with van der Waals surface area (Å²) in [7, 11) is 1.64. The number of carbonyl (C=O) groups is 2. The number of aliphatic hydroxyl groups is 1. The summed E-state index contributed by atoms with van der Waals surface area (Å²) >= 11 is 0. The van der Waals surface area contributed by atoms with Crippen molar-refractivity contribution >= 4 is 11.9 Å². The average Bonchev–Trinajstić information content (AvgIpc) is 3.08. The third-order valence-corrected chi connectivity index (χ3v) is 8.04. The second kappa shape index (κ2) is 10.1. The van der Waals surface area contributed by atoms with Crippen molar-refractivity contribution < 1.29 is 28.9 Å². The first-order chi connectivity index (χ1) is 16.2. The Hall–Kier alpha value is -2.08. The van der Waals surface area contributed by atoms with Crippen molar-refractivity contribution in [3.63, 3.8) is 0 Å². The van der Waals surface area contributed by atoms with Gasteiger partial charge in [0.15, 0.2) is 0 Å². The molecule has 196 valence electrons. The Balaban J connectivity index is 2.03. The molecule has 3 rings (SSSR count). The van der Waals surface area contributed by atoms with Crippen molar-refractivity contribution in [2.24, 2.45) is 28.1 Å². The number of carbonyl (C=O) groups excluding carboxylic acids is 2. The molecule has 2 aliphatic rings. The topological polar surface area (TPSA) is 82.1 Å². The Morgan fingerprint density at radius 1 is 0.971 bits per heavy atom. The third kappa shape index (κ3) is 5.68. The summed E-state index contributed by atoms with van der Waals surface area (Å²) in [5.74, 6) is 0.587. The summed E-state index contributed by atoms with van der Waals surface area (Å²) in [5, 5.41) is 10.1. The number of benzene rings is 1. The molecular weight excluding hydrogens is 444 g/mol. The normalized spacial score (nSPS) is 30.9. The highest BCUT2D eigenvalue weighted by Crippen LogP contribution is 2.61. The molecule has 2 saturated carbocycles. The van der Waals surface area contributed by atoms with Gasteiger partial charge >= 0.3 is 11.9 Å². The molecule has 1 N–H and O–H groups in total. The fraction of sp³-hybridized carbons (Fsp3) is 0.724. The van der Waals surface area contributed by atoms with Crippen LogP contribution in [0, 0.1) is 28.1 Å². The molecule has 2 fully saturated rings. The van der Waals surface area contributed by atoms with E-state index < -0.39 is 10.8 Å². The summed E-state index contributed by atoms with van der Waals surface area (Å²) in [6, 6.07) is 7.95. The number of ether oxygens (including phenoxy) is 3. The van der Waals surface area contributed by atoms with Crippen molar-refractivity contribution in [1.82, 2.24) is 0 Å². The Bertz CT molecular complexity index is 893. The number of esters is 2. The Morgan fingerprint density at radius 3 is 2.06 bits per heavy atom. The van der Waals surface area contributed by atoms with Gasteiger partial charge in [0.2, 0.25) is 0 Å². The van der Waals surface area contributed by atoms with E-state index in [-0.39, 0.29) is 53.9 Å². The van der Waals surface area contributed by atoms with Gasteiger partial charge < -0.3 is 19.3 Å². The zero-order valence-corrected chi connectivity index (χ0v) is 22.7. The minimum atomic E-state index is -0.636. The highest BCUT2D eigenvalue weighted by molar-refractivity contribution is 5.76. The van der Waals surface area contributed by atoms with Gasteiger partial charge in [-0.3, -0.25) is 9.59 Å². The van der Waals surface area contributed by atoms with Crippen LogP contribution in [0.3, 0.4) is 0 Å². The third-order valence-electron chi connectivity index (χ3n) is 8.04. The van der Waals surface area contributed by atoms with Crippen molar-refractivity contribution in [2.45, 2.75) is 92.3 Å². The molecule has 0 aromatic heterocycles. The SMILES string of the molecule is COc1ccc([C@@H]2[C@@H](CCO)[C@@H]3CC[C@H](OC(=O)C(C)(C)C)[C@@]3(C)C[C@H]2OC(=O)C(C)(C)C)cc1. The molecule has 0 spiro atoms. The van der Waals surface area contributed by atoms with Gasteiger partial charge in [0.25, 0.3) is 0 Å². The standard InChI is InChI=1S/C29H44O6/c1-27(2,3)25(31)34-22-17-29(7)21(13-14-23(29)35-26(32)28(4,5)6)20(15-16-30)24(22)18-9-11-19(33-8)12-10-18/h9-12,20-24,30H,13-17H2,1-8H3/t20-,21-,22+,23-,24+,29-/m0/s1. The molecule has 0 bridgehead atoms. The fourth-order valence-corrected chi connectivity index (χ4v) is 6.05. The maximum atomic E-state index is 13.1. The van der Waals surface area contributed by atoms with Crippen LogP contribution in [-0.2, 0) is 19.1 Å². The highest BCUT2D eigenvalue weighted by Gasteiger charge is 2.59. The van der Waals surface area contributed by atoms with Crippen molar-refractivity contribution in [1.29, 1.82) is 0 Å². The molecule has 0 radical (unpaired) electrons. The molecule has 1 aromatic carbocycles. The summed E-state index contributed by atoms with van der Waals surface area (Å²) < 4.78 is 17.7. The first-order valence-electron chi connectivity index (χ1n) is 12.9. The Kier molecular flexibility index (Phi) is 7.95. The van der Waals surface area contributed by atoms with Crippen LogP contribution >= 0.6 is 0 Å². The number of methoxy groups -OCH3 is 1. The van der Waals surface area contributed by atoms with E-state index in [2.05, 4.69) is 6.92 Å². The van der Waals surface area contributed by atoms with Crippen LogP contribution in [0.1, 0.15) is 85.6 Å². The summed E-state index contributed by atoms with van der Waals surface area (Å²) in [4.78, 5) is 25.9. The van der Waals surface area contributed by atoms with Crippen molar-refractivity contribution in [2.75, 3.05) is 13.7 Å². The maximum absolute atomic E-state index is 13.1. The summed E-state index contributed by atoms with van der Waals surface area (Å²) in [6.07, 6.45) is 2.27. The number of aliphatic hydroxyl groups excluding tert-OH is 1. The largest absolute Gasteiger partial charge is 0.497 e. The lowest BCUT2D eigenvalue weighted by Gasteiger charge is -2.51. The summed E-state index contributed by atoms with van der Waals surface area (Å²) in [6.45, 7) is 13.4. The molecule has 6 nitrogen and oxygen atoms in total. The second-order valence-electron chi connectivity index (χ2n) is 12.7. The molecule has 0 heterocycles. The number of hydrogen-bond acceptors (Lipinski definition) is 6.